The molecule has 5 heteroatoms. The van der Waals surface area contributed by atoms with Gasteiger partial charge in [0.2, 0.25) is 0 Å². The normalized spacial score (nSPS) is 12.2. The summed E-state index contributed by atoms with van der Waals surface area (Å²) in [6.07, 6.45) is 2.74. The van der Waals surface area contributed by atoms with Crippen molar-refractivity contribution in [3.63, 3.8) is 0 Å². The van der Waals surface area contributed by atoms with Crippen LogP contribution in [-0.2, 0) is 0 Å². The highest BCUT2D eigenvalue weighted by Crippen LogP contribution is 2.26. The Labute approximate surface area is 155 Å². The molecular formula is C19H25ClN2OS. The summed E-state index contributed by atoms with van der Waals surface area (Å²) >= 11 is 12.0. The van der Waals surface area contributed by atoms with Gasteiger partial charge in [-0.3, -0.25) is 0 Å². The van der Waals surface area contributed by atoms with Crippen LogP contribution in [0.25, 0.3) is 0 Å². The average molecular weight is 365 g/mol. The fraction of sp³-hybridized carbons (Fsp3) is 0.421. The molecule has 0 fully saturated rings. The summed E-state index contributed by atoms with van der Waals surface area (Å²) in [6, 6.07) is 9.85. The van der Waals surface area contributed by atoms with Gasteiger partial charge >= 0.3 is 0 Å². The Morgan fingerprint density at radius 3 is 2.62 bits per heavy atom. The van der Waals surface area contributed by atoms with E-state index < -0.39 is 0 Å². The molecule has 1 aromatic carbocycles. The predicted octanol–water partition coefficient (Wildman–Crippen LogP) is 6.05. The molecule has 0 aliphatic rings. The van der Waals surface area contributed by atoms with Crippen LogP contribution in [0.4, 0.5) is 5.69 Å². The van der Waals surface area contributed by atoms with E-state index >= 15 is 0 Å². The third-order valence-corrected chi connectivity index (χ3v) is 4.65. The number of nitrogens with one attached hydrogen (secondary N) is 1. The van der Waals surface area contributed by atoms with Gasteiger partial charge in [-0.25, -0.2) is 0 Å². The molecule has 130 valence electrons. The number of aryl methyl sites for hydroxylation is 1. The minimum atomic E-state index is 0.0583. The molecule has 2 rings (SSSR count). The zero-order valence-electron chi connectivity index (χ0n) is 14.7. The Kier molecular flexibility index (Phi) is 6.69. The van der Waals surface area contributed by atoms with Crippen molar-refractivity contribution < 1.29 is 4.42 Å². The third kappa shape index (κ3) is 4.99. The second kappa shape index (κ2) is 8.54. The fourth-order valence-corrected chi connectivity index (χ4v) is 3.10. The van der Waals surface area contributed by atoms with Crippen LogP contribution in [0.15, 0.2) is 41.0 Å². The van der Waals surface area contributed by atoms with Crippen LogP contribution in [-0.4, -0.2) is 16.6 Å². The summed E-state index contributed by atoms with van der Waals surface area (Å²) in [6.45, 7) is 9.40. The predicted molar refractivity (Wildman–Crippen MR) is 106 cm³/mol. The zero-order valence-corrected chi connectivity index (χ0v) is 16.2. The molecular weight excluding hydrogens is 340 g/mol. The summed E-state index contributed by atoms with van der Waals surface area (Å²) in [5, 5.41) is 4.62. The van der Waals surface area contributed by atoms with Gasteiger partial charge in [0.1, 0.15) is 5.76 Å². The zero-order chi connectivity index (χ0) is 17.7. The first-order chi connectivity index (χ1) is 11.4. The van der Waals surface area contributed by atoms with Gasteiger partial charge in [-0.05, 0) is 68.2 Å². The molecule has 1 heterocycles. The monoisotopic (exact) mass is 364 g/mol. The van der Waals surface area contributed by atoms with Gasteiger partial charge in [-0.1, -0.05) is 31.5 Å². The number of thiocarbonyl (C=S) groups is 1. The van der Waals surface area contributed by atoms with Crippen LogP contribution in [0.1, 0.15) is 44.6 Å². The molecule has 0 unspecified atom stereocenters. The lowest BCUT2D eigenvalue weighted by molar-refractivity contribution is 0.281. The smallest absolute Gasteiger partial charge is 0.174 e. The summed E-state index contributed by atoms with van der Waals surface area (Å²) in [7, 11) is 0. The van der Waals surface area contributed by atoms with Gasteiger partial charge in [0.05, 0.1) is 23.0 Å². The lowest BCUT2D eigenvalue weighted by Gasteiger charge is -2.31. The number of hydrogen-bond donors (Lipinski definition) is 1. The van der Waals surface area contributed by atoms with Crippen LogP contribution in [0, 0.1) is 12.8 Å². The van der Waals surface area contributed by atoms with Crippen molar-refractivity contribution in [3.05, 3.63) is 52.9 Å². The Bertz CT molecular complexity index is 670. The van der Waals surface area contributed by atoms with E-state index in [4.69, 9.17) is 28.2 Å². The third-order valence-electron chi connectivity index (χ3n) is 4.00. The van der Waals surface area contributed by atoms with E-state index in [-0.39, 0.29) is 6.04 Å². The van der Waals surface area contributed by atoms with Gasteiger partial charge in [-0.15, -0.1) is 0 Å². The number of nitrogens with zero attached hydrogens (tertiary/aromatic N) is 1. The second-order valence-electron chi connectivity index (χ2n) is 6.48. The maximum Gasteiger partial charge on any atom is 0.174 e. The first-order valence-electron chi connectivity index (χ1n) is 8.25. The van der Waals surface area contributed by atoms with Crippen molar-refractivity contribution >= 4 is 34.6 Å². The number of anilines is 1. The fourth-order valence-electron chi connectivity index (χ4n) is 2.46. The lowest BCUT2D eigenvalue weighted by atomic mass is 10.1. The number of benzene rings is 1. The summed E-state index contributed by atoms with van der Waals surface area (Å²) in [5.74, 6) is 1.50. The molecule has 2 aromatic rings. The Morgan fingerprint density at radius 2 is 2.04 bits per heavy atom. The Hall–Kier alpha value is -1.52. The number of rotatable bonds is 6. The first kappa shape index (κ1) is 18.8. The maximum absolute atomic E-state index is 6.33. The minimum Gasteiger partial charge on any atom is -0.467 e. The summed E-state index contributed by atoms with van der Waals surface area (Å²) in [4.78, 5) is 2.16. The molecule has 0 spiro atoms. The largest absolute Gasteiger partial charge is 0.467 e. The van der Waals surface area contributed by atoms with Crippen molar-refractivity contribution in [2.24, 2.45) is 5.92 Å². The number of halogens is 1. The molecule has 1 N–H and O–H groups in total. The van der Waals surface area contributed by atoms with Gasteiger partial charge in [0.25, 0.3) is 0 Å². The van der Waals surface area contributed by atoms with Crippen molar-refractivity contribution in [2.45, 2.75) is 40.2 Å². The standard InChI is InChI=1S/C19H25ClN2OS/c1-13(2)9-10-22(15(4)18-6-5-11-23-18)19(24)21-17-8-7-14(3)12-16(17)20/h5-8,11-13,15H,9-10H2,1-4H3,(H,21,24)/t15-/m1/s1. The minimum absolute atomic E-state index is 0.0583. The molecule has 1 aromatic heterocycles. The number of furan rings is 1. The SMILES string of the molecule is Cc1ccc(NC(=S)N(CCC(C)C)[C@H](C)c2ccco2)c(Cl)c1. The summed E-state index contributed by atoms with van der Waals surface area (Å²) in [5.41, 5.74) is 1.95. The lowest BCUT2D eigenvalue weighted by Crippen LogP contribution is -2.38. The molecule has 0 saturated carbocycles. The molecule has 3 nitrogen and oxygen atoms in total. The molecule has 0 aliphatic heterocycles. The van der Waals surface area contributed by atoms with E-state index in [9.17, 15) is 0 Å². The Morgan fingerprint density at radius 1 is 1.29 bits per heavy atom. The van der Waals surface area contributed by atoms with E-state index in [0.717, 1.165) is 30.0 Å². The van der Waals surface area contributed by atoms with E-state index in [0.29, 0.717) is 16.1 Å². The maximum atomic E-state index is 6.33. The molecule has 0 bridgehead atoms. The van der Waals surface area contributed by atoms with Crippen molar-refractivity contribution in [1.82, 2.24) is 4.90 Å². The topological polar surface area (TPSA) is 28.4 Å². The molecule has 0 radical (unpaired) electrons. The molecule has 0 saturated heterocycles. The van der Waals surface area contributed by atoms with Gasteiger partial charge in [0, 0.05) is 6.54 Å². The van der Waals surface area contributed by atoms with Crippen LogP contribution in [0.5, 0.6) is 0 Å². The molecule has 0 amide bonds. The van der Waals surface area contributed by atoms with Gasteiger partial charge in [-0.2, -0.15) is 0 Å². The number of hydrogen-bond acceptors (Lipinski definition) is 2. The molecule has 0 aliphatic carbocycles. The van der Waals surface area contributed by atoms with Gasteiger partial charge in [0.15, 0.2) is 5.11 Å². The van der Waals surface area contributed by atoms with E-state index in [2.05, 4.69) is 31.0 Å². The summed E-state index contributed by atoms with van der Waals surface area (Å²) < 4.78 is 5.57. The van der Waals surface area contributed by atoms with Crippen molar-refractivity contribution in [3.8, 4) is 0 Å². The van der Waals surface area contributed by atoms with Crippen LogP contribution < -0.4 is 5.32 Å². The molecule has 1 atom stereocenters. The van der Waals surface area contributed by atoms with Crippen LogP contribution >= 0.6 is 23.8 Å². The first-order valence-corrected chi connectivity index (χ1v) is 9.04. The highest BCUT2D eigenvalue weighted by atomic mass is 35.5. The average Bonchev–Trinajstić information content (AvgIpc) is 3.04. The van der Waals surface area contributed by atoms with Gasteiger partial charge < -0.3 is 14.6 Å². The molecule has 24 heavy (non-hydrogen) atoms. The van der Waals surface area contributed by atoms with Crippen LogP contribution in [0.2, 0.25) is 5.02 Å². The highest BCUT2D eigenvalue weighted by Gasteiger charge is 2.21. The van der Waals surface area contributed by atoms with E-state index in [1.54, 1.807) is 6.26 Å². The quantitative estimate of drug-likeness (QED) is 0.632. The van der Waals surface area contributed by atoms with Crippen molar-refractivity contribution in [2.75, 3.05) is 11.9 Å². The Balaban J connectivity index is 2.17. The second-order valence-corrected chi connectivity index (χ2v) is 7.27. The van der Waals surface area contributed by atoms with Crippen molar-refractivity contribution in [1.29, 1.82) is 0 Å². The van der Waals surface area contributed by atoms with E-state index in [1.165, 1.54) is 0 Å². The van der Waals surface area contributed by atoms with E-state index in [1.807, 2.05) is 37.3 Å². The highest BCUT2D eigenvalue weighted by molar-refractivity contribution is 7.80. The van der Waals surface area contributed by atoms with Crippen LogP contribution in [0.3, 0.4) is 0 Å².